The third-order valence-electron chi connectivity index (χ3n) is 3.69. The summed E-state index contributed by atoms with van der Waals surface area (Å²) in [5.74, 6) is 1.20. The van der Waals surface area contributed by atoms with E-state index in [9.17, 15) is 0 Å². The van der Waals surface area contributed by atoms with Crippen molar-refractivity contribution in [3.05, 3.63) is 16.1 Å². The standard InChI is InChI=1S/C13H22N2S/c1-2-10(8-14)13-15-12(9-16-13)11-6-4-3-5-7-11/h9-11H,2-8,14H2,1H3. The Labute approximate surface area is 102 Å². The van der Waals surface area contributed by atoms with Gasteiger partial charge in [0.25, 0.3) is 0 Å². The molecular weight excluding hydrogens is 216 g/mol. The second-order valence-electron chi connectivity index (χ2n) is 4.79. The maximum Gasteiger partial charge on any atom is 0.0971 e. The van der Waals surface area contributed by atoms with Gasteiger partial charge in [-0.25, -0.2) is 4.98 Å². The minimum absolute atomic E-state index is 0.474. The summed E-state index contributed by atoms with van der Waals surface area (Å²) in [4.78, 5) is 4.81. The third kappa shape index (κ3) is 2.64. The van der Waals surface area contributed by atoms with Gasteiger partial charge in [-0.15, -0.1) is 11.3 Å². The maximum absolute atomic E-state index is 5.77. The molecule has 1 aromatic heterocycles. The lowest BCUT2D eigenvalue weighted by molar-refractivity contribution is 0.437. The average Bonchev–Trinajstić information content (AvgIpc) is 2.81. The van der Waals surface area contributed by atoms with E-state index in [1.54, 1.807) is 0 Å². The molecule has 0 saturated heterocycles. The molecule has 0 aliphatic heterocycles. The number of hydrogen-bond donors (Lipinski definition) is 1. The van der Waals surface area contributed by atoms with Crippen LogP contribution in [0.5, 0.6) is 0 Å². The van der Waals surface area contributed by atoms with Crippen molar-refractivity contribution in [2.24, 2.45) is 5.73 Å². The van der Waals surface area contributed by atoms with Crippen molar-refractivity contribution < 1.29 is 0 Å². The zero-order chi connectivity index (χ0) is 11.4. The molecule has 1 unspecified atom stereocenters. The molecule has 1 aliphatic rings. The fourth-order valence-electron chi connectivity index (χ4n) is 2.52. The van der Waals surface area contributed by atoms with Gasteiger partial charge in [0.15, 0.2) is 0 Å². The lowest BCUT2D eigenvalue weighted by Crippen LogP contribution is -2.12. The highest BCUT2D eigenvalue weighted by molar-refractivity contribution is 7.09. The van der Waals surface area contributed by atoms with Crippen LogP contribution in [0.25, 0.3) is 0 Å². The highest BCUT2D eigenvalue weighted by Crippen LogP contribution is 2.34. The molecule has 0 amide bonds. The normalized spacial score (nSPS) is 19.9. The Hall–Kier alpha value is -0.410. The van der Waals surface area contributed by atoms with Crippen LogP contribution in [0.3, 0.4) is 0 Å². The molecule has 0 radical (unpaired) electrons. The van der Waals surface area contributed by atoms with E-state index in [1.165, 1.54) is 42.8 Å². The van der Waals surface area contributed by atoms with Crippen LogP contribution in [0.15, 0.2) is 5.38 Å². The van der Waals surface area contributed by atoms with Crippen molar-refractivity contribution in [1.82, 2.24) is 4.98 Å². The number of thiazole rings is 1. The molecular formula is C13H22N2S. The summed E-state index contributed by atoms with van der Waals surface area (Å²) in [5.41, 5.74) is 7.11. The molecule has 1 aliphatic carbocycles. The summed E-state index contributed by atoms with van der Waals surface area (Å²) in [6.07, 6.45) is 7.95. The number of rotatable bonds is 4. The molecule has 0 spiro atoms. The second kappa shape index (κ2) is 5.78. The summed E-state index contributed by atoms with van der Waals surface area (Å²) in [7, 11) is 0. The molecule has 0 bridgehead atoms. The number of nitrogens with zero attached hydrogens (tertiary/aromatic N) is 1. The number of aromatic nitrogens is 1. The van der Waals surface area contributed by atoms with E-state index >= 15 is 0 Å². The summed E-state index contributed by atoms with van der Waals surface area (Å²) in [6, 6.07) is 0. The number of hydrogen-bond acceptors (Lipinski definition) is 3. The molecule has 1 fully saturated rings. The minimum Gasteiger partial charge on any atom is -0.330 e. The van der Waals surface area contributed by atoms with Gasteiger partial charge in [0.1, 0.15) is 0 Å². The van der Waals surface area contributed by atoms with Crippen molar-refractivity contribution in [2.75, 3.05) is 6.54 Å². The van der Waals surface area contributed by atoms with E-state index in [4.69, 9.17) is 10.7 Å². The van der Waals surface area contributed by atoms with Crippen LogP contribution in [0.2, 0.25) is 0 Å². The summed E-state index contributed by atoms with van der Waals surface area (Å²) < 4.78 is 0. The van der Waals surface area contributed by atoms with Gasteiger partial charge >= 0.3 is 0 Å². The second-order valence-corrected chi connectivity index (χ2v) is 5.68. The van der Waals surface area contributed by atoms with E-state index in [-0.39, 0.29) is 0 Å². The predicted molar refractivity (Wildman–Crippen MR) is 70.0 cm³/mol. The smallest absolute Gasteiger partial charge is 0.0971 e. The molecule has 1 atom stereocenters. The fourth-order valence-corrected chi connectivity index (χ4v) is 3.62. The molecule has 1 saturated carbocycles. The first-order chi connectivity index (χ1) is 7.85. The lowest BCUT2D eigenvalue weighted by atomic mass is 9.87. The van der Waals surface area contributed by atoms with Crippen LogP contribution < -0.4 is 5.73 Å². The van der Waals surface area contributed by atoms with E-state index in [2.05, 4.69) is 12.3 Å². The van der Waals surface area contributed by atoms with Crippen LogP contribution >= 0.6 is 11.3 Å². The van der Waals surface area contributed by atoms with E-state index < -0.39 is 0 Å². The zero-order valence-electron chi connectivity index (χ0n) is 10.1. The van der Waals surface area contributed by atoms with Crippen molar-refractivity contribution >= 4 is 11.3 Å². The van der Waals surface area contributed by atoms with E-state index in [0.29, 0.717) is 5.92 Å². The van der Waals surface area contributed by atoms with Gasteiger partial charge < -0.3 is 5.73 Å². The van der Waals surface area contributed by atoms with Crippen LogP contribution in [0.1, 0.15) is 68.0 Å². The molecule has 0 aromatic carbocycles. The lowest BCUT2D eigenvalue weighted by Gasteiger charge is -2.19. The molecule has 16 heavy (non-hydrogen) atoms. The topological polar surface area (TPSA) is 38.9 Å². The van der Waals surface area contributed by atoms with Crippen LogP contribution in [-0.2, 0) is 0 Å². The highest BCUT2D eigenvalue weighted by atomic mass is 32.1. The average molecular weight is 238 g/mol. The van der Waals surface area contributed by atoms with Crippen molar-refractivity contribution in [3.63, 3.8) is 0 Å². The van der Waals surface area contributed by atoms with E-state index in [0.717, 1.165) is 18.9 Å². The Balaban J connectivity index is 2.05. The quantitative estimate of drug-likeness (QED) is 0.869. The van der Waals surface area contributed by atoms with Crippen LogP contribution in [-0.4, -0.2) is 11.5 Å². The highest BCUT2D eigenvalue weighted by Gasteiger charge is 2.20. The van der Waals surface area contributed by atoms with Crippen molar-refractivity contribution in [2.45, 2.75) is 57.3 Å². The van der Waals surface area contributed by atoms with Crippen LogP contribution in [0.4, 0.5) is 0 Å². The predicted octanol–water partition coefficient (Wildman–Crippen LogP) is 3.64. The first kappa shape index (κ1) is 12.1. The van der Waals surface area contributed by atoms with Crippen molar-refractivity contribution in [3.8, 4) is 0 Å². The van der Waals surface area contributed by atoms with Gasteiger partial charge in [-0.2, -0.15) is 0 Å². The van der Waals surface area contributed by atoms with Gasteiger partial charge in [-0.05, 0) is 19.3 Å². The van der Waals surface area contributed by atoms with Gasteiger partial charge in [-0.1, -0.05) is 26.2 Å². The molecule has 2 rings (SSSR count). The van der Waals surface area contributed by atoms with Crippen LogP contribution in [0, 0.1) is 0 Å². The fraction of sp³-hybridized carbons (Fsp3) is 0.769. The monoisotopic (exact) mass is 238 g/mol. The maximum atomic E-state index is 5.77. The molecule has 90 valence electrons. The summed E-state index contributed by atoms with van der Waals surface area (Å²) in [5, 5.41) is 3.52. The first-order valence-corrected chi connectivity index (χ1v) is 7.38. The zero-order valence-corrected chi connectivity index (χ0v) is 10.9. The summed E-state index contributed by atoms with van der Waals surface area (Å²) >= 11 is 1.81. The molecule has 2 nitrogen and oxygen atoms in total. The Morgan fingerprint density at radius 1 is 1.44 bits per heavy atom. The van der Waals surface area contributed by atoms with E-state index in [1.807, 2.05) is 11.3 Å². The third-order valence-corrected chi connectivity index (χ3v) is 4.72. The Bertz CT molecular complexity index is 311. The van der Waals surface area contributed by atoms with Gasteiger partial charge in [0, 0.05) is 23.8 Å². The Morgan fingerprint density at radius 3 is 2.81 bits per heavy atom. The molecule has 1 aromatic rings. The Morgan fingerprint density at radius 2 is 2.19 bits per heavy atom. The molecule has 3 heteroatoms. The minimum atomic E-state index is 0.474. The van der Waals surface area contributed by atoms with Gasteiger partial charge in [0.05, 0.1) is 10.7 Å². The van der Waals surface area contributed by atoms with Crippen molar-refractivity contribution in [1.29, 1.82) is 0 Å². The Kier molecular flexibility index (Phi) is 4.36. The molecule has 2 N–H and O–H groups in total. The van der Waals surface area contributed by atoms with Gasteiger partial charge in [-0.3, -0.25) is 0 Å². The first-order valence-electron chi connectivity index (χ1n) is 6.50. The number of nitrogens with two attached hydrogens (primary N) is 1. The molecule has 1 heterocycles. The van der Waals surface area contributed by atoms with Gasteiger partial charge in [0.2, 0.25) is 0 Å². The largest absolute Gasteiger partial charge is 0.330 e. The summed E-state index contributed by atoms with van der Waals surface area (Å²) in [6.45, 7) is 2.92. The SMILES string of the molecule is CCC(CN)c1nc(C2CCCCC2)cs1.